The molecule has 0 aliphatic carbocycles. The van der Waals surface area contributed by atoms with E-state index in [9.17, 15) is 9.59 Å². The molecule has 146 valence electrons. The summed E-state index contributed by atoms with van der Waals surface area (Å²) in [5.74, 6) is -0.168. The van der Waals surface area contributed by atoms with E-state index in [0.29, 0.717) is 6.42 Å². The van der Waals surface area contributed by atoms with Gasteiger partial charge in [0, 0.05) is 12.5 Å². The maximum absolute atomic E-state index is 12.9. The van der Waals surface area contributed by atoms with Gasteiger partial charge < -0.3 is 13.3 Å². The lowest BCUT2D eigenvalue weighted by atomic mass is 9.93. The van der Waals surface area contributed by atoms with E-state index in [2.05, 4.69) is 0 Å². The van der Waals surface area contributed by atoms with Gasteiger partial charge in [-0.2, -0.15) is 0 Å². The van der Waals surface area contributed by atoms with E-state index < -0.39 is 11.8 Å². The Balaban J connectivity index is 1.61. The Labute approximate surface area is 167 Å². The number of carbonyl (C=O) groups excluding carboxylic acids is 2. The van der Waals surface area contributed by atoms with Crippen LogP contribution in [-0.4, -0.2) is 23.3 Å². The van der Waals surface area contributed by atoms with Gasteiger partial charge in [0.2, 0.25) is 0 Å². The van der Waals surface area contributed by atoms with Crippen LogP contribution >= 0.6 is 0 Å². The van der Waals surface area contributed by atoms with Crippen molar-refractivity contribution in [1.29, 1.82) is 0 Å². The van der Waals surface area contributed by atoms with Crippen molar-refractivity contribution in [2.24, 2.45) is 0 Å². The van der Waals surface area contributed by atoms with Crippen molar-refractivity contribution in [3.8, 4) is 0 Å². The molecule has 0 N–H and O–H groups in total. The Bertz CT molecular complexity index is 988. The largest absolute Gasteiger partial charge is 0.469 e. The molecule has 6 nitrogen and oxygen atoms in total. The molecule has 0 saturated heterocycles. The smallest absolute Gasteiger partial charge is 0.296 e. The van der Waals surface area contributed by atoms with E-state index in [0.717, 1.165) is 16.2 Å². The minimum atomic E-state index is -0.511. The summed E-state index contributed by atoms with van der Waals surface area (Å²) in [5, 5.41) is 0. The molecule has 0 saturated carbocycles. The van der Waals surface area contributed by atoms with Crippen molar-refractivity contribution in [2.75, 3.05) is 6.54 Å². The highest BCUT2D eigenvalue weighted by molar-refractivity contribution is 6.08. The monoisotopic (exact) mass is 389 g/mol. The highest BCUT2D eigenvalue weighted by Gasteiger charge is 2.29. The summed E-state index contributed by atoms with van der Waals surface area (Å²) in [7, 11) is 0. The third kappa shape index (κ3) is 4.06. The van der Waals surface area contributed by atoms with Crippen LogP contribution in [0.1, 0.15) is 44.8 Å². The fourth-order valence-electron chi connectivity index (χ4n) is 3.27. The van der Waals surface area contributed by atoms with E-state index >= 15 is 0 Å². The van der Waals surface area contributed by atoms with Crippen LogP contribution in [0.25, 0.3) is 0 Å². The Hall–Kier alpha value is -3.80. The molecule has 4 rings (SSSR count). The second-order valence-electron chi connectivity index (χ2n) is 6.48. The summed E-state index contributed by atoms with van der Waals surface area (Å²) < 4.78 is 16.1. The van der Waals surface area contributed by atoms with Crippen LogP contribution < -0.4 is 0 Å². The second-order valence-corrected chi connectivity index (χ2v) is 6.48. The Morgan fingerprint density at radius 2 is 1.31 bits per heavy atom. The van der Waals surface area contributed by atoms with Gasteiger partial charge in [-0.1, -0.05) is 30.3 Å². The first kappa shape index (κ1) is 18.6. The van der Waals surface area contributed by atoms with Crippen LogP contribution in [0.15, 0.2) is 98.8 Å². The van der Waals surface area contributed by atoms with Gasteiger partial charge >= 0.3 is 0 Å². The van der Waals surface area contributed by atoms with Crippen LogP contribution in [0.4, 0.5) is 0 Å². The molecule has 0 fully saturated rings. The normalized spacial score (nSPS) is 11.9. The molecule has 6 heteroatoms. The highest BCUT2D eigenvalue weighted by Crippen LogP contribution is 2.29. The summed E-state index contributed by atoms with van der Waals surface area (Å²) in [6.45, 7) is 0.166. The van der Waals surface area contributed by atoms with Gasteiger partial charge in [0.25, 0.3) is 11.8 Å². The number of carbonyl (C=O) groups is 2. The number of imide groups is 1. The molecule has 0 bridgehead atoms. The molecule has 1 aromatic carbocycles. The van der Waals surface area contributed by atoms with Gasteiger partial charge in [0.15, 0.2) is 11.5 Å². The third-order valence-corrected chi connectivity index (χ3v) is 4.68. The molecule has 3 heterocycles. The lowest BCUT2D eigenvalue weighted by Gasteiger charge is -2.22. The molecule has 4 aromatic rings. The highest BCUT2D eigenvalue weighted by atomic mass is 16.3. The zero-order valence-corrected chi connectivity index (χ0v) is 15.6. The average Bonchev–Trinajstić information content (AvgIpc) is 3.53. The number of nitrogens with zero attached hydrogens (tertiary/aromatic N) is 1. The second kappa shape index (κ2) is 8.48. The van der Waals surface area contributed by atoms with Crippen molar-refractivity contribution in [3.63, 3.8) is 0 Å². The number of amides is 2. The van der Waals surface area contributed by atoms with Crippen molar-refractivity contribution in [3.05, 3.63) is 108 Å². The fraction of sp³-hybridized carbons (Fsp3) is 0.130. The van der Waals surface area contributed by atoms with E-state index in [-0.39, 0.29) is 24.0 Å². The van der Waals surface area contributed by atoms with E-state index in [1.54, 1.807) is 18.4 Å². The molecular weight excluding hydrogens is 370 g/mol. The van der Waals surface area contributed by atoms with Crippen LogP contribution in [0.5, 0.6) is 0 Å². The first-order chi connectivity index (χ1) is 14.2. The lowest BCUT2D eigenvalue weighted by molar-refractivity contribution is 0.0573. The number of hydrogen-bond acceptors (Lipinski definition) is 5. The maximum Gasteiger partial charge on any atom is 0.296 e. The number of benzene rings is 1. The summed E-state index contributed by atoms with van der Waals surface area (Å²) >= 11 is 0. The quantitative estimate of drug-likeness (QED) is 0.417. The Morgan fingerprint density at radius 1 is 0.724 bits per heavy atom. The number of hydrogen-bond donors (Lipinski definition) is 0. The maximum atomic E-state index is 12.9. The van der Waals surface area contributed by atoms with E-state index in [1.165, 1.54) is 24.7 Å². The minimum absolute atomic E-state index is 0.0964. The predicted molar refractivity (Wildman–Crippen MR) is 104 cm³/mol. The van der Waals surface area contributed by atoms with Crippen LogP contribution in [0, 0.1) is 0 Å². The first-order valence-corrected chi connectivity index (χ1v) is 9.25. The Kier molecular flexibility index (Phi) is 5.42. The molecule has 0 aliphatic heterocycles. The first-order valence-electron chi connectivity index (χ1n) is 9.25. The molecule has 2 amide bonds. The van der Waals surface area contributed by atoms with Crippen molar-refractivity contribution < 1.29 is 22.8 Å². The molecule has 0 aliphatic rings. The zero-order chi connectivity index (χ0) is 20.1. The third-order valence-electron chi connectivity index (χ3n) is 4.68. The minimum Gasteiger partial charge on any atom is -0.469 e. The van der Waals surface area contributed by atoms with Crippen molar-refractivity contribution >= 4 is 11.8 Å². The van der Waals surface area contributed by atoms with Gasteiger partial charge in [0.1, 0.15) is 5.76 Å². The molecular formula is C23H19NO5. The van der Waals surface area contributed by atoms with E-state index in [1.807, 2.05) is 42.5 Å². The fourth-order valence-corrected chi connectivity index (χ4v) is 3.27. The molecule has 0 unspecified atom stereocenters. The summed E-state index contributed by atoms with van der Waals surface area (Å²) in [4.78, 5) is 27.0. The molecule has 3 aromatic heterocycles. The van der Waals surface area contributed by atoms with Crippen LogP contribution in [-0.2, 0) is 0 Å². The SMILES string of the molecule is O=C(c1ccco1)N(CC[C@@H](c1ccccc1)c1ccco1)C(=O)c1ccco1. The molecule has 29 heavy (non-hydrogen) atoms. The van der Waals surface area contributed by atoms with Crippen molar-refractivity contribution in [1.82, 2.24) is 4.90 Å². The zero-order valence-electron chi connectivity index (χ0n) is 15.6. The lowest BCUT2D eigenvalue weighted by Crippen LogP contribution is -2.38. The van der Waals surface area contributed by atoms with Gasteiger partial charge in [-0.05, 0) is 48.4 Å². The topological polar surface area (TPSA) is 76.8 Å². The van der Waals surface area contributed by atoms with Crippen LogP contribution in [0.2, 0.25) is 0 Å². The molecule has 0 radical (unpaired) electrons. The van der Waals surface area contributed by atoms with Gasteiger partial charge in [-0.25, -0.2) is 0 Å². The van der Waals surface area contributed by atoms with Crippen LogP contribution in [0.3, 0.4) is 0 Å². The standard InChI is InChI=1S/C23H19NO5/c25-22(20-10-5-15-28-20)24(23(26)21-11-6-16-29-21)13-12-18(19-9-4-14-27-19)17-7-2-1-3-8-17/h1-11,14-16,18H,12-13H2/t18-/m0/s1. The molecule has 1 atom stereocenters. The summed E-state index contributed by atoms with van der Waals surface area (Å²) in [6, 6.07) is 19.8. The summed E-state index contributed by atoms with van der Waals surface area (Å²) in [6.07, 6.45) is 4.90. The Morgan fingerprint density at radius 3 is 1.83 bits per heavy atom. The van der Waals surface area contributed by atoms with Gasteiger partial charge in [0.05, 0.1) is 18.8 Å². The number of furan rings is 3. The number of rotatable bonds is 7. The average molecular weight is 389 g/mol. The summed E-state index contributed by atoms with van der Waals surface area (Å²) in [5.41, 5.74) is 1.04. The predicted octanol–water partition coefficient (Wildman–Crippen LogP) is 4.97. The van der Waals surface area contributed by atoms with Gasteiger partial charge in [-0.15, -0.1) is 0 Å². The van der Waals surface area contributed by atoms with Gasteiger partial charge in [-0.3, -0.25) is 14.5 Å². The van der Waals surface area contributed by atoms with Crippen molar-refractivity contribution in [2.45, 2.75) is 12.3 Å². The molecule has 0 spiro atoms. The van der Waals surface area contributed by atoms with E-state index in [4.69, 9.17) is 13.3 Å².